The maximum absolute atomic E-state index is 14.5. The van der Waals surface area contributed by atoms with Gasteiger partial charge in [-0.1, -0.05) is 31.5 Å². The average molecular weight is 568 g/mol. The van der Waals surface area contributed by atoms with Crippen molar-refractivity contribution in [1.29, 1.82) is 0 Å². The van der Waals surface area contributed by atoms with Gasteiger partial charge in [-0.25, -0.2) is 4.39 Å². The monoisotopic (exact) mass is 567 g/mol. The van der Waals surface area contributed by atoms with Crippen LogP contribution in [-0.2, 0) is 28.7 Å². The van der Waals surface area contributed by atoms with E-state index in [1.165, 1.54) is 24.3 Å². The van der Waals surface area contributed by atoms with Gasteiger partial charge in [0.25, 0.3) is 0 Å². The molecule has 0 spiro atoms. The molecule has 220 valence electrons. The number of carbonyl (C=O) groups is 2. The molecule has 0 saturated heterocycles. The lowest BCUT2D eigenvalue weighted by Crippen LogP contribution is -2.48. The molecular weight excluding hydrogens is 530 g/mol. The van der Waals surface area contributed by atoms with Crippen molar-refractivity contribution >= 4 is 11.8 Å². The van der Waals surface area contributed by atoms with Crippen LogP contribution in [0.15, 0.2) is 42.5 Å². The SMILES string of the molecule is CCCC1CCNC(=O)CCC(=O)N[C@H]([C@H](O)CNCc2cccc(C(F)(F)F)c2)Cc2cc(F)cc(c2)OC1. The summed E-state index contributed by atoms with van der Waals surface area (Å²) in [5.74, 6) is -0.748. The fraction of sp³-hybridized carbons (Fsp3) is 0.517. The van der Waals surface area contributed by atoms with Crippen LogP contribution in [-0.4, -0.2) is 48.8 Å². The first-order valence-electron chi connectivity index (χ1n) is 13.6. The number of hydrogen-bond donors (Lipinski definition) is 4. The van der Waals surface area contributed by atoms with E-state index in [0.29, 0.717) is 36.4 Å². The summed E-state index contributed by atoms with van der Waals surface area (Å²) in [7, 11) is 0. The fourth-order valence-electron chi connectivity index (χ4n) is 4.67. The Balaban J connectivity index is 1.73. The Labute approximate surface area is 231 Å². The lowest BCUT2D eigenvalue weighted by molar-refractivity contribution is -0.137. The van der Waals surface area contributed by atoms with Crippen molar-refractivity contribution in [3.8, 4) is 5.75 Å². The highest BCUT2D eigenvalue weighted by Gasteiger charge is 2.30. The molecule has 1 aliphatic heterocycles. The van der Waals surface area contributed by atoms with E-state index in [1.807, 2.05) is 0 Å². The van der Waals surface area contributed by atoms with Crippen molar-refractivity contribution in [3.63, 3.8) is 0 Å². The van der Waals surface area contributed by atoms with Crippen LogP contribution in [0.25, 0.3) is 0 Å². The number of aliphatic hydroxyl groups is 1. The summed E-state index contributed by atoms with van der Waals surface area (Å²) in [6.07, 6.45) is -3.19. The molecule has 1 aliphatic rings. The highest BCUT2D eigenvalue weighted by Crippen LogP contribution is 2.29. The molecule has 3 atom stereocenters. The number of rotatable bonds is 7. The quantitative estimate of drug-likeness (QED) is 0.378. The summed E-state index contributed by atoms with van der Waals surface area (Å²) in [4.78, 5) is 24.9. The van der Waals surface area contributed by atoms with Gasteiger partial charge in [-0.3, -0.25) is 9.59 Å². The molecule has 7 nitrogen and oxygen atoms in total. The van der Waals surface area contributed by atoms with Gasteiger partial charge in [0, 0.05) is 38.5 Å². The summed E-state index contributed by atoms with van der Waals surface area (Å²) in [5, 5.41) is 19.4. The molecule has 2 bridgehead atoms. The minimum absolute atomic E-state index is 0.0263. The number of alkyl halides is 3. The van der Waals surface area contributed by atoms with E-state index >= 15 is 0 Å². The lowest BCUT2D eigenvalue weighted by Gasteiger charge is -2.25. The first-order valence-corrected chi connectivity index (χ1v) is 13.6. The maximum atomic E-state index is 14.5. The van der Waals surface area contributed by atoms with Crippen molar-refractivity contribution in [2.24, 2.45) is 5.92 Å². The summed E-state index contributed by atoms with van der Waals surface area (Å²) in [5.41, 5.74) is 0.101. The fourth-order valence-corrected chi connectivity index (χ4v) is 4.67. The second-order valence-corrected chi connectivity index (χ2v) is 10.2. The smallest absolute Gasteiger partial charge is 0.416 e. The van der Waals surface area contributed by atoms with Crippen molar-refractivity contribution in [2.75, 3.05) is 19.7 Å². The van der Waals surface area contributed by atoms with E-state index in [2.05, 4.69) is 22.9 Å². The van der Waals surface area contributed by atoms with Gasteiger partial charge in [-0.05, 0) is 54.5 Å². The number of nitrogens with one attached hydrogen (secondary N) is 3. The van der Waals surface area contributed by atoms with Gasteiger partial charge in [0.1, 0.15) is 11.6 Å². The van der Waals surface area contributed by atoms with Crippen LogP contribution < -0.4 is 20.7 Å². The first kappa shape index (κ1) is 31.3. The highest BCUT2D eigenvalue weighted by molar-refractivity contribution is 5.83. The largest absolute Gasteiger partial charge is 0.493 e. The number of fused-ring (bicyclic) bond motifs is 2. The number of amides is 2. The number of benzene rings is 2. The van der Waals surface area contributed by atoms with Crippen LogP contribution in [0.1, 0.15) is 55.7 Å². The highest BCUT2D eigenvalue weighted by atomic mass is 19.4. The zero-order valence-corrected chi connectivity index (χ0v) is 22.5. The van der Waals surface area contributed by atoms with E-state index in [4.69, 9.17) is 4.74 Å². The topological polar surface area (TPSA) is 99.7 Å². The molecular formula is C29H37F4N3O4. The van der Waals surface area contributed by atoms with Gasteiger partial charge in [-0.2, -0.15) is 13.2 Å². The van der Waals surface area contributed by atoms with E-state index < -0.39 is 35.6 Å². The third-order valence-electron chi connectivity index (χ3n) is 6.77. The van der Waals surface area contributed by atoms with Crippen LogP contribution in [0.5, 0.6) is 5.75 Å². The first-order chi connectivity index (χ1) is 19.0. The Hall–Kier alpha value is -3.18. The van der Waals surface area contributed by atoms with Crippen molar-refractivity contribution in [3.05, 3.63) is 65.0 Å². The zero-order chi connectivity index (χ0) is 29.1. The molecule has 11 heteroatoms. The predicted molar refractivity (Wildman–Crippen MR) is 142 cm³/mol. The van der Waals surface area contributed by atoms with E-state index in [0.717, 1.165) is 25.0 Å². The molecule has 40 heavy (non-hydrogen) atoms. The second-order valence-electron chi connectivity index (χ2n) is 10.2. The molecule has 2 aromatic carbocycles. The van der Waals surface area contributed by atoms with Crippen LogP contribution in [0.3, 0.4) is 0 Å². The maximum Gasteiger partial charge on any atom is 0.416 e. The van der Waals surface area contributed by atoms with Gasteiger partial charge >= 0.3 is 6.18 Å². The van der Waals surface area contributed by atoms with Crippen molar-refractivity contribution < 1.29 is 37.0 Å². The van der Waals surface area contributed by atoms with Gasteiger partial charge in [0.15, 0.2) is 0 Å². The normalized spacial score (nSPS) is 20.2. The standard InChI is InChI=1S/C29H37F4N3O4/c1-2-4-19-9-10-35-27(38)7-8-28(39)36-25(14-21-12-23(30)15-24(13-21)40-18-19)26(37)17-34-16-20-5-3-6-22(11-20)29(31,32)33/h3,5-6,11-13,15,19,25-26,34,37H,2,4,7-10,14,16-18H2,1H3,(H,35,38)(H,36,39)/t19?,25-,26+/m0/s1. The minimum atomic E-state index is -4.47. The number of halogens is 4. The molecule has 2 amide bonds. The molecule has 4 N–H and O–H groups in total. The van der Waals surface area contributed by atoms with Gasteiger partial charge < -0.3 is 25.8 Å². The Morgan fingerprint density at radius 3 is 2.65 bits per heavy atom. The molecule has 0 fully saturated rings. The molecule has 2 aromatic rings. The van der Waals surface area contributed by atoms with Crippen LogP contribution >= 0.6 is 0 Å². The number of aliphatic hydroxyl groups excluding tert-OH is 1. The third-order valence-corrected chi connectivity index (χ3v) is 6.77. The minimum Gasteiger partial charge on any atom is -0.493 e. The van der Waals surface area contributed by atoms with Gasteiger partial charge in [0.05, 0.1) is 24.3 Å². The van der Waals surface area contributed by atoms with Crippen molar-refractivity contribution in [1.82, 2.24) is 16.0 Å². The van der Waals surface area contributed by atoms with E-state index in [-0.39, 0.29) is 44.2 Å². The average Bonchev–Trinajstić information content (AvgIpc) is 2.89. The van der Waals surface area contributed by atoms with Crippen molar-refractivity contribution in [2.45, 2.75) is 70.3 Å². The van der Waals surface area contributed by atoms with Gasteiger partial charge in [-0.15, -0.1) is 0 Å². The molecule has 0 aliphatic carbocycles. The zero-order valence-electron chi connectivity index (χ0n) is 22.5. The summed E-state index contributed by atoms with van der Waals surface area (Å²) in [6.45, 7) is 2.84. The Kier molecular flexibility index (Phi) is 11.8. The van der Waals surface area contributed by atoms with Crippen LogP contribution in [0.4, 0.5) is 17.6 Å². The van der Waals surface area contributed by atoms with Gasteiger partial charge in [0.2, 0.25) is 11.8 Å². The Morgan fingerprint density at radius 2 is 1.90 bits per heavy atom. The van der Waals surface area contributed by atoms with Crippen LogP contribution in [0.2, 0.25) is 0 Å². The van der Waals surface area contributed by atoms with E-state index in [9.17, 15) is 32.3 Å². The molecule has 1 heterocycles. The number of hydrogen-bond acceptors (Lipinski definition) is 5. The lowest BCUT2D eigenvalue weighted by atomic mass is 9.99. The number of carbonyl (C=O) groups excluding carboxylic acids is 2. The molecule has 0 radical (unpaired) electrons. The van der Waals surface area contributed by atoms with E-state index in [1.54, 1.807) is 6.07 Å². The van der Waals surface area contributed by atoms with Crippen LogP contribution in [0, 0.1) is 11.7 Å². The summed E-state index contributed by atoms with van der Waals surface area (Å²) < 4.78 is 59.4. The molecule has 0 saturated carbocycles. The number of ether oxygens (including phenoxy) is 1. The Morgan fingerprint density at radius 1 is 1.12 bits per heavy atom. The summed E-state index contributed by atoms with van der Waals surface area (Å²) >= 11 is 0. The molecule has 0 aromatic heterocycles. The summed E-state index contributed by atoms with van der Waals surface area (Å²) in [6, 6.07) is 8.23. The second kappa shape index (κ2) is 15.0. The Bertz CT molecular complexity index is 1130. The third kappa shape index (κ3) is 10.4. The molecule has 1 unspecified atom stereocenters. The predicted octanol–water partition coefficient (Wildman–Crippen LogP) is 4.12. The molecule has 3 rings (SSSR count).